The van der Waals surface area contributed by atoms with E-state index in [4.69, 9.17) is 5.11 Å². The Kier molecular flexibility index (Phi) is 5.88. The lowest BCUT2D eigenvalue weighted by Crippen LogP contribution is -2.37. The molecule has 0 aliphatic heterocycles. The van der Waals surface area contributed by atoms with Crippen LogP contribution in [0.15, 0.2) is 16.7 Å². The maximum atomic E-state index is 11.9. The Bertz CT molecular complexity index is 386. The number of amides is 1. The van der Waals surface area contributed by atoms with Crippen molar-refractivity contribution in [3.63, 3.8) is 0 Å². The van der Waals surface area contributed by atoms with Crippen molar-refractivity contribution in [2.24, 2.45) is 5.41 Å². The molecule has 1 aromatic heterocycles. The molecule has 1 amide bonds. The van der Waals surface area contributed by atoms with Crippen molar-refractivity contribution in [1.82, 2.24) is 10.3 Å². The van der Waals surface area contributed by atoms with Gasteiger partial charge in [-0.05, 0) is 46.7 Å². The van der Waals surface area contributed by atoms with Gasteiger partial charge in [0.1, 0.15) is 5.69 Å². The second-order valence-corrected chi connectivity index (χ2v) is 5.51. The summed E-state index contributed by atoms with van der Waals surface area (Å²) in [5.74, 6) is -0.107. The van der Waals surface area contributed by atoms with Gasteiger partial charge in [0, 0.05) is 23.8 Å². The topological polar surface area (TPSA) is 65.1 Å². The van der Waals surface area contributed by atoms with Crippen LogP contribution in [0.4, 0.5) is 0 Å². The molecule has 1 aromatic rings. The quantitative estimate of drug-likeness (QED) is 0.724. The maximum Gasteiger partial charge on any atom is 0.267 e. The van der Waals surface area contributed by atoms with E-state index in [1.54, 1.807) is 12.3 Å². The molecule has 102 valence electrons. The summed E-state index contributed by atoms with van der Waals surface area (Å²) in [5.41, 5.74) is 0.542. The summed E-state index contributed by atoms with van der Waals surface area (Å²) in [6.07, 6.45) is 4.34. The van der Waals surface area contributed by atoms with Crippen molar-refractivity contribution in [1.29, 1.82) is 0 Å². The number of halogens is 1. The van der Waals surface area contributed by atoms with Crippen LogP contribution in [0.25, 0.3) is 0 Å². The van der Waals surface area contributed by atoms with Gasteiger partial charge in [-0.1, -0.05) is 13.8 Å². The van der Waals surface area contributed by atoms with Crippen LogP contribution < -0.4 is 5.32 Å². The molecule has 0 aliphatic carbocycles. The summed E-state index contributed by atoms with van der Waals surface area (Å²) in [4.78, 5) is 14.8. The number of nitrogens with one attached hydrogen (secondary N) is 2. The highest BCUT2D eigenvalue weighted by atomic mass is 79.9. The minimum atomic E-state index is -0.107. The van der Waals surface area contributed by atoms with Crippen LogP contribution in [0.1, 0.15) is 43.6 Å². The molecule has 1 rings (SSSR count). The van der Waals surface area contributed by atoms with Crippen LogP contribution in [0.3, 0.4) is 0 Å². The zero-order chi connectivity index (χ0) is 13.6. The summed E-state index contributed by atoms with van der Waals surface area (Å²) < 4.78 is 0.861. The zero-order valence-corrected chi connectivity index (χ0v) is 12.5. The van der Waals surface area contributed by atoms with Gasteiger partial charge in [0.15, 0.2) is 0 Å². The van der Waals surface area contributed by atoms with Crippen LogP contribution in [-0.4, -0.2) is 29.1 Å². The van der Waals surface area contributed by atoms with Crippen molar-refractivity contribution < 1.29 is 9.90 Å². The number of aromatic amines is 1. The van der Waals surface area contributed by atoms with Crippen LogP contribution >= 0.6 is 15.9 Å². The third kappa shape index (κ3) is 3.85. The summed E-state index contributed by atoms with van der Waals surface area (Å²) in [7, 11) is 0. The van der Waals surface area contributed by atoms with E-state index in [1.807, 2.05) is 0 Å². The van der Waals surface area contributed by atoms with E-state index in [2.05, 4.69) is 40.1 Å². The lowest BCUT2D eigenvalue weighted by molar-refractivity contribution is 0.0903. The smallest absolute Gasteiger partial charge is 0.267 e. The van der Waals surface area contributed by atoms with Gasteiger partial charge in [0.05, 0.1) is 0 Å². The molecule has 0 saturated carbocycles. The maximum absolute atomic E-state index is 11.9. The molecule has 0 fully saturated rings. The van der Waals surface area contributed by atoms with Crippen molar-refractivity contribution in [2.75, 3.05) is 13.2 Å². The largest absolute Gasteiger partial charge is 0.396 e. The van der Waals surface area contributed by atoms with Gasteiger partial charge in [0.2, 0.25) is 0 Å². The highest BCUT2D eigenvalue weighted by Gasteiger charge is 2.26. The van der Waals surface area contributed by atoms with E-state index in [1.165, 1.54) is 0 Å². The molecule has 0 unspecified atom stereocenters. The molecular weight excluding hydrogens is 296 g/mol. The van der Waals surface area contributed by atoms with Crippen LogP contribution in [0.5, 0.6) is 0 Å². The van der Waals surface area contributed by atoms with Gasteiger partial charge in [0.25, 0.3) is 5.91 Å². The fraction of sp³-hybridized carbons (Fsp3) is 0.615. The Morgan fingerprint density at radius 2 is 2.17 bits per heavy atom. The van der Waals surface area contributed by atoms with Crippen LogP contribution in [0, 0.1) is 5.41 Å². The minimum Gasteiger partial charge on any atom is -0.396 e. The summed E-state index contributed by atoms with van der Waals surface area (Å²) in [6, 6.07) is 1.75. The third-order valence-electron chi connectivity index (χ3n) is 3.66. The third-order valence-corrected chi connectivity index (χ3v) is 4.12. The Hall–Kier alpha value is -0.810. The van der Waals surface area contributed by atoms with Gasteiger partial charge < -0.3 is 15.4 Å². The Labute approximate surface area is 116 Å². The van der Waals surface area contributed by atoms with E-state index in [-0.39, 0.29) is 17.9 Å². The van der Waals surface area contributed by atoms with Gasteiger partial charge in [-0.15, -0.1) is 0 Å². The number of aliphatic hydroxyl groups is 1. The van der Waals surface area contributed by atoms with E-state index >= 15 is 0 Å². The number of aliphatic hydroxyl groups excluding tert-OH is 1. The van der Waals surface area contributed by atoms with Crippen LogP contribution in [-0.2, 0) is 0 Å². The molecule has 5 heteroatoms. The molecule has 0 spiro atoms. The van der Waals surface area contributed by atoms with E-state index in [9.17, 15) is 4.79 Å². The minimum absolute atomic E-state index is 0.00572. The Morgan fingerprint density at radius 3 is 2.61 bits per heavy atom. The first-order valence-electron chi connectivity index (χ1n) is 6.30. The number of hydrogen-bond donors (Lipinski definition) is 3. The monoisotopic (exact) mass is 316 g/mol. The molecule has 0 saturated heterocycles. The summed E-state index contributed by atoms with van der Waals surface area (Å²) >= 11 is 3.30. The number of hydrogen-bond acceptors (Lipinski definition) is 2. The average Bonchev–Trinajstić information content (AvgIpc) is 2.81. The standard InChI is InChI=1S/C13H21BrN2O2/c1-3-13(4-2,5-6-17)9-16-12(18)11-7-10(14)8-15-11/h7-8,15,17H,3-6,9H2,1-2H3,(H,16,18). The van der Waals surface area contributed by atoms with Crippen molar-refractivity contribution in [3.05, 3.63) is 22.4 Å². The second-order valence-electron chi connectivity index (χ2n) is 4.59. The van der Waals surface area contributed by atoms with E-state index in [0.717, 1.165) is 17.3 Å². The average molecular weight is 317 g/mol. The normalized spacial score (nSPS) is 11.6. The molecular formula is C13H21BrN2O2. The van der Waals surface area contributed by atoms with Crippen LogP contribution in [0.2, 0.25) is 0 Å². The summed E-state index contributed by atoms with van der Waals surface area (Å²) in [5, 5.41) is 12.1. The molecule has 0 atom stereocenters. The second kappa shape index (κ2) is 6.95. The van der Waals surface area contributed by atoms with Gasteiger partial charge in [-0.25, -0.2) is 0 Å². The Morgan fingerprint density at radius 1 is 1.50 bits per heavy atom. The molecule has 0 radical (unpaired) electrons. The van der Waals surface area contributed by atoms with E-state index in [0.29, 0.717) is 18.7 Å². The first-order valence-corrected chi connectivity index (χ1v) is 7.09. The SMILES string of the molecule is CCC(CC)(CCO)CNC(=O)c1cc(Br)c[nH]1. The lowest BCUT2D eigenvalue weighted by atomic mass is 9.79. The lowest BCUT2D eigenvalue weighted by Gasteiger charge is -2.31. The van der Waals surface area contributed by atoms with Crippen molar-refractivity contribution in [3.8, 4) is 0 Å². The molecule has 18 heavy (non-hydrogen) atoms. The number of carbonyl (C=O) groups is 1. The van der Waals surface area contributed by atoms with Gasteiger partial charge in [-0.3, -0.25) is 4.79 Å². The molecule has 3 N–H and O–H groups in total. The predicted molar refractivity (Wildman–Crippen MR) is 75.5 cm³/mol. The van der Waals surface area contributed by atoms with Crippen molar-refractivity contribution in [2.45, 2.75) is 33.1 Å². The highest BCUT2D eigenvalue weighted by molar-refractivity contribution is 9.10. The first kappa shape index (κ1) is 15.2. The fourth-order valence-corrected chi connectivity index (χ4v) is 2.38. The zero-order valence-electron chi connectivity index (χ0n) is 10.9. The predicted octanol–water partition coefficient (Wildman–Crippen LogP) is 2.70. The van der Waals surface area contributed by atoms with Gasteiger partial charge >= 0.3 is 0 Å². The number of H-pyrrole nitrogens is 1. The Balaban J connectivity index is 2.59. The molecule has 0 aromatic carbocycles. The number of aromatic nitrogens is 1. The fourth-order valence-electron chi connectivity index (χ4n) is 2.04. The van der Waals surface area contributed by atoms with E-state index < -0.39 is 0 Å². The first-order chi connectivity index (χ1) is 8.56. The number of rotatable bonds is 7. The molecule has 1 heterocycles. The molecule has 4 nitrogen and oxygen atoms in total. The number of carbonyl (C=O) groups excluding carboxylic acids is 1. The molecule has 0 aliphatic rings. The molecule has 0 bridgehead atoms. The summed E-state index contributed by atoms with van der Waals surface area (Å²) in [6.45, 7) is 4.94. The van der Waals surface area contributed by atoms with Gasteiger partial charge in [-0.2, -0.15) is 0 Å². The van der Waals surface area contributed by atoms with Crippen molar-refractivity contribution >= 4 is 21.8 Å². The highest BCUT2D eigenvalue weighted by Crippen LogP contribution is 2.29.